The third-order valence-corrected chi connectivity index (χ3v) is 3.32. The third kappa shape index (κ3) is 8.58. The molecule has 0 spiro atoms. The van der Waals surface area contributed by atoms with Crippen LogP contribution in [0.15, 0.2) is 0 Å². The van der Waals surface area contributed by atoms with Crippen LogP contribution in [-0.4, -0.2) is 50.8 Å². The molecule has 0 aromatic carbocycles. The van der Waals surface area contributed by atoms with Crippen molar-refractivity contribution in [2.45, 2.75) is 45.4 Å². The summed E-state index contributed by atoms with van der Waals surface area (Å²) in [5, 5.41) is 3.46. The quantitative estimate of drug-likeness (QED) is 0.628. The first-order valence-corrected chi connectivity index (χ1v) is 7.44. The lowest BCUT2D eigenvalue weighted by atomic mass is 10.2. The normalized spacial score (nSPS) is 18.2. The molecule has 0 radical (unpaired) electrons. The molecule has 1 heterocycles. The van der Waals surface area contributed by atoms with E-state index in [1.807, 2.05) is 0 Å². The van der Waals surface area contributed by atoms with Gasteiger partial charge in [0.2, 0.25) is 0 Å². The zero-order chi connectivity index (χ0) is 12.2. The standard InChI is InChI=1S/C14H30N2O/c1-2-8-15-9-5-3-4-6-10-16-11-7-13-17-14-12-16/h15H,2-14H2,1H3. The highest BCUT2D eigenvalue weighted by Crippen LogP contribution is 2.04. The van der Waals surface area contributed by atoms with Crippen molar-refractivity contribution >= 4 is 0 Å². The Labute approximate surface area is 107 Å². The van der Waals surface area contributed by atoms with Gasteiger partial charge in [0.15, 0.2) is 0 Å². The van der Waals surface area contributed by atoms with Gasteiger partial charge in [0.25, 0.3) is 0 Å². The first-order valence-electron chi connectivity index (χ1n) is 7.44. The van der Waals surface area contributed by atoms with Crippen LogP contribution < -0.4 is 5.32 Å². The molecule has 17 heavy (non-hydrogen) atoms. The Kier molecular flexibility index (Phi) is 9.66. The number of hydrogen-bond donors (Lipinski definition) is 1. The summed E-state index contributed by atoms with van der Waals surface area (Å²) in [4.78, 5) is 2.56. The highest BCUT2D eigenvalue weighted by molar-refractivity contribution is 4.61. The molecular formula is C14H30N2O. The van der Waals surface area contributed by atoms with Crippen LogP contribution >= 0.6 is 0 Å². The fourth-order valence-corrected chi connectivity index (χ4v) is 2.26. The van der Waals surface area contributed by atoms with Gasteiger partial charge in [-0.25, -0.2) is 0 Å². The second-order valence-corrected chi connectivity index (χ2v) is 4.97. The van der Waals surface area contributed by atoms with Crippen LogP contribution in [0.25, 0.3) is 0 Å². The van der Waals surface area contributed by atoms with E-state index in [9.17, 15) is 0 Å². The van der Waals surface area contributed by atoms with Gasteiger partial charge >= 0.3 is 0 Å². The van der Waals surface area contributed by atoms with Crippen LogP contribution in [0.4, 0.5) is 0 Å². The maximum atomic E-state index is 5.46. The van der Waals surface area contributed by atoms with Gasteiger partial charge in [-0.05, 0) is 45.3 Å². The fourth-order valence-electron chi connectivity index (χ4n) is 2.26. The molecule has 3 nitrogen and oxygen atoms in total. The zero-order valence-corrected chi connectivity index (χ0v) is 11.5. The predicted octanol–water partition coefficient (Wildman–Crippen LogP) is 2.27. The maximum absolute atomic E-state index is 5.46. The minimum absolute atomic E-state index is 0.931. The molecule has 0 bridgehead atoms. The molecule has 1 saturated heterocycles. The first kappa shape index (κ1) is 14.9. The molecule has 3 heteroatoms. The Morgan fingerprint density at radius 3 is 2.76 bits per heavy atom. The van der Waals surface area contributed by atoms with Gasteiger partial charge in [-0.3, -0.25) is 0 Å². The molecule has 1 fully saturated rings. The van der Waals surface area contributed by atoms with Crippen molar-refractivity contribution in [2.24, 2.45) is 0 Å². The summed E-state index contributed by atoms with van der Waals surface area (Å²) in [6.45, 7) is 10.1. The predicted molar refractivity (Wildman–Crippen MR) is 73.5 cm³/mol. The minimum Gasteiger partial charge on any atom is -0.380 e. The molecule has 1 aliphatic heterocycles. The van der Waals surface area contributed by atoms with Gasteiger partial charge in [-0.2, -0.15) is 0 Å². The highest BCUT2D eigenvalue weighted by atomic mass is 16.5. The average molecular weight is 242 g/mol. The van der Waals surface area contributed by atoms with Crippen molar-refractivity contribution in [1.29, 1.82) is 0 Å². The zero-order valence-electron chi connectivity index (χ0n) is 11.5. The second-order valence-electron chi connectivity index (χ2n) is 4.97. The summed E-state index contributed by atoms with van der Waals surface area (Å²) in [5.41, 5.74) is 0. The van der Waals surface area contributed by atoms with E-state index < -0.39 is 0 Å². The van der Waals surface area contributed by atoms with Gasteiger partial charge in [0.1, 0.15) is 0 Å². The van der Waals surface area contributed by atoms with Crippen LogP contribution in [0.1, 0.15) is 45.4 Å². The van der Waals surface area contributed by atoms with Crippen molar-refractivity contribution in [3.05, 3.63) is 0 Å². The van der Waals surface area contributed by atoms with Crippen LogP contribution in [0.5, 0.6) is 0 Å². The number of rotatable bonds is 9. The fraction of sp³-hybridized carbons (Fsp3) is 1.00. The molecule has 0 aliphatic carbocycles. The number of ether oxygens (including phenoxy) is 1. The molecule has 0 saturated carbocycles. The van der Waals surface area contributed by atoms with Gasteiger partial charge in [0.05, 0.1) is 6.61 Å². The third-order valence-electron chi connectivity index (χ3n) is 3.32. The lowest BCUT2D eigenvalue weighted by Gasteiger charge is -2.18. The average Bonchev–Trinajstić information content (AvgIpc) is 2.61. The molecule has 1 N–H and O–H groups in total. The molecular weight excluding hydrogens is 212 g/mol. The van der Waals surface area contributed by atoms with Crippen LogP contribution in [0.2, 0.25) is 0 Å². The summed E-state index contributed by atoms with van der Waals surface area (Å²) in [7, 11) is 0. The summed E-state index contributed by atoms with van der Waals surface area (Å²) < 4.78 is 5.46. The van der Waals surface area contributed by atoms with E-state index in [4.69, 9.17) is 4.74 Å². The number of hydrogen-bond acceptors (Lipinski definition) is 3. The molecule has 0 aromatic rings. The lowest BCUT2D eigenvalue weighted by Crippen LogP contribution is -2.27. The van der Waals surface area contributed by atoms with Crippen LogP contribution in [-0.2, 0) is 4.74 Å². The van der Waals surface area contributed by atoms with Gasteiger partial charge in [0, 0.05) is 19.7 Å². The number of unbranched alkanes of at least 4 members (excludes halogenated alkanes) is 3. The maximum Gasteiger partial charge on any atom is 0.0593 e. The van der Waals surface area contributed by atoms with Crippen molar-refractivity contribution in [3.8, 4) is 0 Å². The molecule has 1 rings (SSSR count). The summed E-state index contributed by atoms with van der Waals surface area (Å²) >= 11 is 0. The minimum atomic E-state index is 0.931. The van der Waals surface area contributed by atoms with E-state index in [0.717, 1.165) is 19.8 Å². The highest BCUT2D eigenvalue weighted by Gasteiger charge is 2.07. The topological polar surface area (TPSA) is 24.5 Å². The molecule has 0 unspecified atom stereocenters. The Balaban J connectivity index is 1.82. The van der Waals surface area contributed by atoms with Crippen LogP contribution in [0.3, 0.4) is 0 Å². The molecule has 0 amide bonds. The number of nitrogens with one attached hydrogen (secondary N) is 1. The Hall–Kier alpha value is -0.120. The van der Waals surface area contributed by atoms with E-state index in [2.05, 4.69) is 17.1 Å². The van der Waals surface area contributed by atoms with Gasteiger partial charge in [-0.15, -0.1) is 0 Å². The summed E-state index contributed by atoms with van der Waals surface area (Å²) in [5.74, 6) is 0. The van der Waals surface area contributed by atoms with E-state index in [0.29, 0.717) is 0 Å². The Morgan fingerprint density at radius 1 is 1.00 bits per heavy atom. The smallest absolute Gasteiger partial charge is 0.0593 e. The van der Waals surface area contributed by atoms with Crippen molar-refractivity contribution in [2.75, 3.05) is 45.9 Å². The Morgan fingerprint density at radius 2 is 1.88 bits per heavy atom. The summed E-state index contributed by atoms with van der Waals surface area (Å²) in [6.07, 6.45) is 7.90. The summed E-state index contributed by atoms with van der Waals surface area (Å²) in [6, 6.07) is 0. The molecule has 0 atom stereocenters. The molecule has 1 aliphatic rings. The van der Waals surface area contributed by atoms with E-state index >= 15 is 0 Å². The van der Waals surface area contributed by atoms with Gasteiger partial charge in [-0.1, -0.05) is 19.8 Å². The van der Waals surface area contributed by atoms with Gasteiger partial charge < -0.3 is 15.0 Å². The largest absolute Gasteiger partial charge is 0.380 e. The van der Waals surface area contributed by atoms with Crippen molar-refractivity contribution in [1.82, 2.24) is 10.2 Å². The van der Waals surface area contributed by atoms with Crippen LogP contribution in [0, 0.1) is 0 Å². The van der Waals surface area contributed by atoms with Crippen molar-refractivity contribution < 1.29 is 4.74 Å². The lowest BCUT2D eigenvalue weighted by molar-refractivity contribution is 0.141. The van der Waals surface area contributed by atoms with Crippen molar-refractivity contribution in [3.63, 3.8) is 0 Å². The SMILES string of the molecule is CCCNCCCCCCN1CCCOCC1. The second kappa shape index (κ2) is 11.0. The Bertz CT molecular complexity index is 156. The van der Waals surface area contributed by atoms with E-state index in [-0.39, 0.29) is 0 Å². The first-order chi connectivity index (χ1) is 8.43. The van der Waals surface area contributed by atoms with E-state index in [1.165, 1.54) is 64.7 Å². The monoisotopic (exact) mass is 242 g/mol. The number of nitrogens with zero attached hydrogens (tertiary/aromatic N) is 1. The molecule has 0 aromatic heterocycles. The molecule has 102 valence electrons. The van der Waals surface area contributed by atoms with E-state index in [1.54, 1.807) is 0 Å².